The molecule has 3 heteroatoms. The van der Waals surface area contributed by atoms with Crippen LogP contribution in [0.4, 0.5) is 8.78 Å². The third-order valence-electron chi connectivity index (χ3n) is 1.57. The van der Waals surface area contributed by atoms with E-state index in [0.29, 0.717) is 12.8 Å². The van der Waals surface area contributed by atoms with E-state index >= 15 is 0 Å². The molecule has 66 valence electrons. The third-order valence-corrected chi connectivity index (χ3v) is 1.57. The Morgan fingerprint density at radius 1 is 1.36 bits per heavy atom. The average molecular weight is 164 g/mol. The van der Waals surface area contributed by atoms with E-state index in [1.807, 2.05) is 6.92 Å². The van der Waals surface area contributed by atoms with Gasteiger partial charge >= 0.3 is 5.92 Å². The Kier molecular flexibility index (Phi) is 4.23. The summed E-state index contributed by atoms with van der Waals surface area (Å²) in [5, 5.41) is 0. The minimum atomic E-state index is -3.08. The summed E-state index contributed by atoms with van der Waals surface area (Å²) < 4.78 is 25.3. The van der Waals surface area contributed by atoms with Crippen molar-refractivity contribution in [2.45, 2.75) is 45.5 Å². The van der Waals surface area contributed by atoms with Crippen LogP contribution in [0.25, 0.3) is 0 Å². The number of Topliss-reactive ketones (excluding diaryl/α,β-unsaturated/α-hetero) is 1. The zero-order valence-electron chi connectivity index (χ0n) is 6.99. The fourth-order valence-electron chi connectivity index (χ4n) is 0.797. The first-order valence-electron chi connectivity index (χ1n) is 3.95. The van der Waals surface area contributed by atoms with Gasteiger partial charge < -0.3 is 0 Å². The van der Waals surface area contributed by atoms with Crippen molar-refractivity contribution in [3.8, 4) is 0 Å². The fraction of sp³-hybridized carbons (Fsp3) is 0.875. The summed E-state index contributed by atoms with van der Waals surface area (Å²) in [6.45, 7) is 3.29. The Bertz CT molecular complexity index is 132. The number of hydrogen-bond donors (Lipinski definition) is 0. The van der Waals surface area contributed by atoms with Crippen molar-refractivity contribution in [2.24, 2.45) is 0 Å². The van der Waals surface area contributed by atoms with E-state index in [1.54, 1.807) is 0 Å². The first-order valence-corrected chi connectivity index (χ1v) is 3.95. The predicted octanol–water partition coefficient (Wildman–Crippen LogP) is 2.79. The molecule has 0 heterocycles. The predicted molar refractivity (Wildman–Crippen MR) is 39.8 cm³/mol. The van der Waals surface area contributed by atoms with Crippen LogP contribution in [0.5, 0.6) is 0 Å². The smallest absolute Gasteiger partial charge is 0.293 e. The van der Waals surface area contributed by atoms with Gasteiger partial charge in [-0.05, 0) is 6.42 Å². The first kappa shape index (κ1) is 10.5. The van der Waals surface area contributed by atoms with Gasteiger partial charge in [-0.15, -0.1) is 0 Å². The van der Waals surface area contributed by atoms with Crippen molar-refractivity contribution in [3.05, 3.63) is 0 Å². The number of carbonyl (C=O) groups is 1. The summed E-state index contributed by atoms with van der Waals surface area (Å²) in [5.41, 5.74) is 0. The topological polar surface area (TPSA) is 17.1 Å². The monoisotopic (exact) mass is 164 g/mol. The lowest BCUT2D eigenvalue weighted by molar-refractivity contribution is -0.143. The van der Waals surface area contributed by atoms with Crippen molar-refractivity contribution < 1.29 is 13.6 Å². The summed E-state index contributed by atoms with van der Waals surface area (Å²) in [6.07, 6.45) is 0.748. The SMILES string of the molecule is CCCCC(F)(F)C(=O)CC. The highest BCUT2D eigenvalue weighted by Crippen LogP contribution is 2.23. The zero-order chi connectivity index (χ0) is 8.91. The maximum absolute atomic E-state index is 12.7. The van der Waals surface area contributed by atoms with Crippen LogP contribution in [0.3, 0.4) is 0 Å². The van der Waals surface area contributed by atoms with E-state index in [2.05, 4.69) is 0 Å². The minimum Gasteiger partial charge on any atom is -0.293 e. The summed E-state index contributed by atoms with van der Waals surface area (Å²) in [6, 6.07) is 0. The Morgan fingerprint density at radius 2 is 1.91 bits per heavy atom. The first-order chi connectivity index (χ1) is 5.04. The van der Waals surface area contributed by atoms with Crippen LogP contribution in [-0.2, 0) is 4.79 Å². The van der Waals surface area contributed by atoms with Gasteiger partial charge in [-0.2, -0.15) is 8.78 Å². The maximum atomic E-state index is 12.7. The van der Waals surface area contributed by atoms with E-state index in [4.69, 9.17) is 0 Å². The summed E-state index contributed by atoms with van der Waals surface area (Å²) in [5.74, 6) is -4.02. The highest BCUT2D eigenvalue weighted by Gasteiger charge is 2.35. The van der Waals surface area contributed by atoms with E-state index in [9.17, 15) is 13.6 Å². The van der Waals surface area contributed by atoms with Gasteiger partial charge in [0.25, 0.3) is 0 Å². The van der Waals surface area contributed by atoms with Gasteiger partial charge in [-0.25, -0.2) is 0 Å². The minimum absolute atomic E-state index is 0.0727. The molecular weight excluding hydrogens is 150 g/mol. The molecule has 0 radical (unpaired) electrons. The van der Waals surface area contributed by atoms with E-state index in [0.717, 1.165) is 0 Å². The molecule has 0 bridgehead atoms. The molecule has 0 aromatic carbocycles. The van der Waals surface area contributed by atoms with Crippen LogP contribution >= 0.6 is 0 Å². The molecule has 0 aliphatic carbocycles. The Labute approximate surface area is 65.8 Å². The van der Waals surface area contributed by atoms with E-state index < -0.39 is 11.7 Å². The standard InChI is InChI=1S/C8H14F2O/c1-3-5-6-8(9,10)7(11)4-2/h3-6H2,1-2H3. The molecule has 0 unspecified atom stereocenters. The number of halogens is 2. The van der Waals surface area contributed by atoms with Crippen LogP contribution in [0.1, 0.15) is 39.5 Å². The summed E-state index contributed by atoms with van der Waals surface area (Å²) in [4.78, 5) is 10.6. The highest BCUT2D eigenvalue weighted by atomic mass is 19.3. The number of hydrogen-bond acceptors (Lipinski definition) is 1. The number of carbonyl (C=O) groups excluding carboxylic acids is 1. The van der Waals surface area contributed by atoms with Crippen molar-refractivity contribution in [3.63, 3.8) is 0 Å². The largest absolute Gasteiger partial charge is 0.305 e. The molecule has 0 N–H and O–H groups in total. The van der Waals surface area contributed by atoms with Gasteiger partial charge in [-0.3, -0.25) is 4.79 Å². The van der Waals surface area contributed by atoms with Gasteiger partial charge in [-0.1, -0.05) is 20.3 Å². The molecule has 0 atom stereocenters. The second kappa shape index (κ2) is 4.42. The molecule has 0 rings (SSSR count). The molecule has 0 fully saturated rings. The van der Waals surface area contributed by atoms with Gasteiger partial charge in [0.1, 0.15) is 0 Å². The Morgan fingerprint density at radius 3 is 2.27 bits per heavy atom. The molecule has 1 nitrogen and oxygen atoms in total. The lowest BCUT2D eigenvalue weighted by Crippen LogP contribution is -2.27. The Balaban J connectivity index is 3.88. The lowest BCUT2D eigenvalue weighted by atomic mass is 10.1. The molecular formula is C8H14F2O. The van der Waals surface area contributed by atoms with Gasteiger partial charge in [0.2, 0.25) is 5.78 Å². The second-order valence-corrected chi connectivity index (χ2v) is 2.58. The summed E-state index contributed by atoms with van der Waals surface area (Å²) >= 11 is 0. The Hall–Kier alpha value is -0.470. The fourth-order valence-corrected chi connectivity index (χ4v) is 0.797. The van der Waals surface area contributed by atoms with E-state index in [1.165, 1.54) is 6.92 Å². The van der Waals surface area contributed by atoms with Crippen LogP contribution < -0.4 is 0 Å². The molecule has 0 aliphatic heterocycles. The number of ketones is 1. The third kappa shape index (κ3) is 3.44. The quantitative estimate of drug-likeness (QED) is 0.610. The molecule has 0 spiro atoms. The van der Waals surface area contributed by atoms with Gasteiger partial charge in [0.15, 0.2) is 0 Å². The molecule has 0 aromatic heterocycles. The van der Waals surface area contributed by atoms with Crippen molar-refractivity contribution in [1.29, 1.82) is 0 Å². The molecule has 0 amide bonds. The van der Waals surface area contributed by atoms with Gasteiger partial charge in [0, 0.05) is 12.8 Å². The molecule has 0 aromatic rings. The molecule has 0 aliphatic rings. The van der Waals surface area contributed by atoms with E-state index in [-0.39, 0.29) is 12.8 Å². The van der Waals surface area contributed by atoms with Crippen molar-refractivity contribution >= 4 is 5.78 Å². The number of alkyl halides is 2. The van der Waals surface area contributed by atoms with Gasteiger partial charge in [0.05, 0.1) is 0 Å². The summed E-state index contributed by atoms with van der Waals surface area (Å²) in [7, 11) is 0. The van der Waals surface area contributed by atoms with Crippen molar-refractivity contribution in [2.75, 3.05) is 0 Å². The molecule has 0 saturated carbocycles. The number of rotatable bonds is 5. The van der Waals surface area contributed by atoms with Crippen molar-refractivity contribution in [1.82, 2.24) is 0 Å². The number of unbranched alkanes of at least 4 members (excludes halogenated alkanes) is 1. The van der Waals surface area contributed by atoms with Crippen LogP contribution in [-0.4, -0.2) is 11.7 Å². The molecule has 0 saturated heterocycles. The molecule has 11 heavy (non-hydrogen) atoms. The second-order valence-electron chi connectivity index (χ2n) is 2.58. The normalized spacial score (nSPS) is 11.6. The van der Waals surface area contributed by atoms with Crippen LogP contribution in [0, 0.1) is 0 Å². The lowest BCUT2D eigenvalue weighted by Gasteiger charge is -2.12. The van der Waals surface area contributed by atoms with Crippen LogP contribution in [0.2, 0.25) is 0 Å². The van der Waals surface area contributed by atoms with Crippen LogP contribution in [0.15, 0.2) is 0 Å². The zero-order valence-corrected chi connectivity index (χ0v) is 6.99. The average Bonchev–Trinajstić information content (AvgIpc) is 1.99. The highest BCUT2D eigenvalue weighted by molar-refractivity contribution is 5.85. The maximum Gasteiger partial charge on any atom is 0.305 e.